The molecule has 0 spiro atoms. The molecule has 2 aromatic rings. The maximum absolute atomic E-state index is 12.2. The second-order valence-corrected chi connectivity index (χ2v) is 5.23. The van der Waals surface area contributed by atoms with Gasteiger partial charge in [-0.3, -0.25) is 4.79 Å². The minimum atomic E-state index is -0.335. The molecule has 0 aliphatic heterocycles. The highest BCUT2D eigenvalue weighted by molar-refractivity contribution is 6.03. The number of rotatable bonds is 7. The van der Waals surface area contributed by atoms with Crippen LogP contribution in [0.5, 0.6) is 23.0 Å². The number of carbonyl (C=O) groups is 1. The van der Waals surface area contributed by atoms with Gasteiger partial charge in [0.2, 0.25) is 5.91 Å². The van der Waals surface area contributed by atoms with Gasteiger partial charge in [0, 0.05) is 18.2 Å². The van der Waals surface area contributed by atoms with Crippen LogP contribution in [0, 0.1) is 0 Å². The third-order valence-corrected chi connectivity index (χ3v) is 3.65. The zero-order chi connectivity index (χ0) is 19.1. The van der Waals surface area contributed by atoms with Crippen LogP contribution in [-0.4, -0.2) is 34.3 Å². The Morgan fingerprint density at radius 1 is 0.885 bits per heavy atom. The van der Waals surface area contributed by atoms with Gasteiger partial charge < -0.3 is 30.0 Å². The van der Waals surface area contributed by atoms with Gasteiger partial charge in [0.1, 0.15) is 0 Å². The Hall–Kier alpha value is -3.35. The number of ether oxygens (including phenoxy) is 4. The molecule has 3 N–H and O–H groups in total. The first-order chi connectivity index (χ1) is 12.5. The minimum absolute atomic E-state index is 0.335. The standard InChI is InChI=1S/C19H22N2O5/c1-23-15-7-5-12(9-16(15)24-2)6-8-19(22)21-14-11-18(26-4)17(25-3)10-13(14)20/h5-11H,20H2,1-4H3,(H,21,22)/b8-6+. The third kappa shape index (κ3) is 4.38. The van der Waals surface area contributed by atoms with Crippen molar-refractivity contribution in [1.82, 2.24) is 0 Å². The highest BCUT2D eigenvalue weighted by atomic mass is 16.5. The number of nitrogen functional groups attached to an aromatic ring is 1. The fourth-order valence-electron chi connectivity index (χ4n) is 2.31. The number of nitrogens with one attached hydrogen (secondary N) is 1. The van der Waals surface area contributed by atoms with Gasteiger partial charge in [0.05, 0.1) is 39.8 Å². The number of anilines is 2. The Balaban J connectivity index is 2.15. The van der Waals surface area contributed by atoms with Crippen molar-refractivity contribution < 1.29 is 23.7 Å². The van der Waals surface area contributed by atoms with Gasteiger partial charge in [0.25, 0.3) is 0 Å². The van der Waals surface area contributed by atoms with E-state index in [0.717, 1.165) is 5.56 Å². The maximum atomic E-state index is 12.2. The first-order valence-corrected chi connectivity index (χ1v) is 7.75. The minimum Gasteiger partial charge on any atom is -0.493 e. The largest absolute Gasteiger partial charge is 0.493 e. The number of benzene rings is 2. The summed E-state index contributed by atoms with van der Waals surface area (Å²) in [5.41, 5.74) is 7.54. The summed E-state index contributed by atoms with van der Waals surface area (Å²) >= 11 is 0. The number of hydrogen-bond donors (Lipinski definition) is 2. The highest BCUT2D eigenvalue weighted by Gasteiger charge is 2.10. The third-order valence-electron chi connectivity index (χ3n) is 3.65. The molecule has 26 heavy (non-hydrogen) atoms. The van der Waals surface area contributed by atoms with Crippen LogP contribution in [0.3, 0.4) is 0 Å². The molecule has 7 heteroatoms. The van der Waals surface area contributed by atoms with Crippen LogP contribution in [0.25, 0.3) is 6.08 Å². The van der Waals surface area contributed by atoms with E-state index in [4.69, 9.17) is 24.7 Å². The van der Waals surface area contributed by atoms with E-state index in [1.54, 1.807) is 44.6 Å². The molecule has 138 valence electrons. The van der Waals surface area contributed by atoms with Crippen LogP contribution in [-0.2, 0) is 4.79 Å². The molecule has 0 saturated heterocycles. The second kappa shape index (κ2) is 8.66. The molecule has 0 radical (unpaired) electrons. The molecule has 0 atom stereocenters. The van der Waals surface area contributed by atoms with E-state index in [-0.39, 0.29) is 5.91 Å². The van der Waals surface area contributed by atoms with Gasteiger partial charge in [-0.25, -0.2) is 0 Å². The molecular weight excluding hydrogens is 336 g/mol. The van der Waals surface area contributed by atoms with Crippen molar-refractivity contribution >= 4 is 23.4 Å². The van der Waals surface area contributed by atoms with Crippen molar-refractivity contribution in [2.45, 2.75) is 0 Å². The van der Waals surface area contributed by atoms with Crippen LogP contribution in [0.15, 0.2) is 36.4 Å². The van der Waals surface area contributed by atoms with E-state index in [0.29, 0.717) is 34.4 Å². The van der Waals surface area contributed by atoms with E-state index >= 15 is 0 Å². The van der Waals surface area contributed by atoms with E-state index < -0.39 is 0 Å². The predicted octanol–water partition coefficient (Wildman–Crippen LogP) is 2.96. The zero-order valence-corrected chi connectivity index (χ0v) is 15.2. The first kappa shape index (κ1) is 19.0. The molecule has 2 rings (SSSR count). The van der Waals surface area contributed by atoms with Crippen molar-refractivity contribution in [1.29, 1.82) is 0 Å². The summed E-state index contributed by atoms with van der Waals surface area (Å²) in [6, 6.07) is 8.55. The quantitative estimate of drug-likeness (QED) is 0.584. The molecule has 0 unspecified atom stereocenters. The molecule has 0 aliphatic rings. The second-order valence-electron chi connectivity index (χ2n) is 5.23. The molecule has 0 aromatic heterocycles. The number of carbonyl (C=O) groups excluding carboxylic acids is 1. The Kier molecular flexibility index (Phi) is 6.32. The van der Waals surface area contributed by atoms with Gasteiger partial charge in [0.15, 0.2) is 23.0 Å². The summed E-state index contributed by atoms with van der Waals surface area (Å²) < 4.78 is 20.8. The molecule has 0 aliphatic carbocycles. The van der Waals surface area contributed by atoms with Gasteiger partial charge in [-0.05, 0) is 23.8 Å². The van der Waals surface area contributed by atoms with Crippen LogP contribution in [0.1, 0.15) is 5.56 Å². The van der Waals surface area contributed by atoms with Gasteiger partial charge in [-0.15, -0.1) is 0 Å². The summed E-state index contributed by atoms with van der Waals surface area (Å²) in [7, 11) is 6.14. The smallest absolute Gasteiger partial charge is 0.248 e. The topological polar surface area (TPSA) is 92.0 Å². The Morgan fingerprint density at radius 2 is 1.46 bits per heavy atom. The van der Waals surface area contributed by atoms with Crippen LogP contribution in [0.4, 0.5) is 11.4 Å². The summed E-state index contributed by atoms with van der Waals surface area (Å²) in [5, 5.41) is 2.72. The highest BCUT2D eigenvalue weighted by Crippen LogP contribution is 2.34. The lowest BCUT2D eigenvalue weighted by Crippen LogP contribution is -2.10. The lowest BCUT2D eigenvalue weighted by molar-refractivity contribution is -0.111. The molecule has 0 fully saturated rings. The van der Waals surface area contributed by atoms with Crippen molar-refractivity contribution in [2.75, 3.05) is 39.5 Å². The number of amides is 1. The van der Waals surface area contributed by atoms with Crippen LogP contribution >= 0.6 is 0 Å². The Bertz CT molecular complexity index is 818. The fourth-order valence-corrected chi connectivity index (χ4v) is 2.31. The average Bonchev–Trinajstić information content (AvgIpc) is 2.67. The van der Waals surface area contributed by atoms with E-state index in [9.17, 15) is 4.79 Å². The van der Waals surface area contributed by atoms with Gasteiger partial charge in [-0.2, -0.15) is 0 Å². The summed E-state index contributed by atoms with van der Waals surface area (Å²) in [6.07, 6.45) is 3.06. The number of nitrogens with two attached hydrogens (primary N) is 1. The lowest BCUT2D eigenvalue weighted by Gasteiger charge is -2.12. The molecule has 7 nitrogen and oxygen atoms in total. The summed E-state index contributed by atoms with van der Waals surface area (Å²) in [6.45, 7) is 0. The molecular formula is C19H22N2O5. The van der Waals surface area contributed by atoms with Crippen molar-refractivity contribution in [2.24, 2.45) is 0 Å². The lowest BCUT2D eigenvalue weighted by atomic mass is 10.2. The maximum Gasteiger partial charge on any atom is 0.248 e. The molecule has 0 heterocycles. The zero-order valence-electron chi connectivity index (χ0n) is 15.2. The van der Waals surface area contributed by atoms with Crippen LogP contribution in [0.2, 0.25) is 0 Å². The average molecular weight is 358 g/mol. The molecule has 1 amide bonds. The van der Waals surface area contributed by atoms with Crippen LogP contribution < -0.4 is 30.0 Å². The first-order valence-electron chi connectivity index (χ1n) is 7.75. The summed E-state index contributed by atoms with van der Waals surface area (Å²) in [4.78, 5) is 12.2. The van der Waals surface area contributed by atoms with Crippen molar-refractivity contribution in [3.8, 4) is 23.0 Å². The Morgan fingerprint density at radius 3 is 2.08 bits per heavy atom. The number of methoxy groups -OCH3 is 4. The van der Waals surface area contributed by atoms with Crippen molar-refractivity contribution in [3.05, 3.63) is 42.0 Å². The van der Waals surface area contributed by atoms with Gasteiger partial charge in [-0.1, -0.05) is 6.07 Å². The monoisotopic (exact) mass is 358 g/mol. The molecule has 0 saturated carbocycles. The number of hydrogen-bond acceptors (Lipinski definition) is 6. The predicted molar refractivity (Wildman–Crippen MR) is 101 cm³/mol. The molecule has 2 aromatic carbocycles. The fraction of sp³-hybridized carbons (Fsp3) is 0.211. The Labute approximate surface area is 152 Å². The molecule has 0 bridgehead atoms. The van der Waals surface area contributed by atoms with Gasteiger partial charge >= 0.3 is 0 Å². The SMILES string of the molecule is COc1ccc(/C=C/C(=O)Nc2cc(OC)c(OC)cc2N)cc1OC. The summed E-state index contributed by atoms with van der Waals surface area (Å²) in [5.74, 6) is 1.83. The van der Waals surface area contributed by atoms with E-state index in [1.807, 2.05) is 6.07 Å². The normalized spacial score (nSPS) is 10.5. The van der Waals surface area contributed by atoms with E-state index in [2.05, 4.69) is 5.32 Å². The van der Waals surface area contributed by atoms with E-state index in [1.165, 1.54) is 20.3 Å². The van der Waals surface area contributed by atoms with Crippen molar-refractivity contribution in [3.63, 3.8) is 0 Å².